The zero-order valence-corrected chi connectivity index (χ0v) is 31.7. The maximum absolute atomic E-state index is 2.43. The summed E-state index contributed by atoms with van der Waals surface area (Å²) in [7, 11) is 0. The number of aromatic nitrogens is 2. The molecule has 0 amide bonds. The van der Waals surface area contributed by atoms with Crippen molar-refractivity contribution in [2.24, 2.45) is 0 Å². The van der Waals surface area contributed by atoms with Crippen molar-refractivity contribution in [1.29, 1.82) is 0 Å². The highest BCUT2D eigenvalue weighted by molar-refractivity contribution is 7.26. The first-order valence-electron chi connectivity index (χ1n) is 19.5. The van der Waals surface area contributed by atoms with Crippen LogP contribution in [0.25, 0.3) is 109 Å². The number of benzene rings is 9. The predicted octanol–water partition coefficient (Wildman–Crippen LogP) is 15.2. The van der Waals surface area contributed by atoms with E-state index in [1.54, 1.807) is 0 Å². The van der Waals surface area contributed by atoms with E-state index >= 15 is 0 Å². The Morgan fingerprint density at radius 3 is 1.51 bits per heavy atom. The summed E-state index contributed by atoms with van der Waals surface area (Å²) in [4.78, 5) is 0. The predicted molar refractivity (Wildman–Crippen MR) is 244 cm³/mol. The summed E-state index contributed by atoms with van der Waals surface area (Å²) in [5.74, 6) is 0. The van der Waals surface area contributed by atoms with Gasteiger partial charge < -0.3 is 9.13 Å². The quantitative estimate of drug-likeness (QED) is 0.166. The summed E-state index contributed by atoms with van der Waals surface area (Å²) in [6.45, 7) is 0. The second kappa shape index (κ2) is 12.7. The first-order chi connectivity index (χ1) is 28.3. The molecule has 12 rings (SSSR count). The fourth-order valence-electron chi connectivity index (χ4n) is 9.12. The van der Waals surface area contributed by atoms with Gasteiger partial charge in [-0.3, -0.25) is 0 Å². The number of nitrogens with zero attached hydrogens (tertiary/aromatic N) is 2. The van der Waals surface area contributed by atoms with Crippen molar-refractivity contribution in [2.45, 2.75) is 0 Å². The molecule has 0 saturated heterocycles. The van der Waals surface area contributed by atoms with Gasteiger partial charge in [-0.25, -0.2) is 0 Å². The Labute approximate surface area is 333 Å². The Morgan fingerprint density at radius 1 is 0.281 bits per heavy atom. The molecule has 3 heteroatoms. The second-order valence-electron chi connectivity index (χ2n) is 14.9. The van der Waals surface area contributed by atoms with Gasteiger partial charge in [0.05, 0.1) is 22.1 Å². The van der Waals surface area contributed by atoms with Gasteiger partial charge in [0.2, 0.25) is 0 Å². The van der Waals surface area contributed by atoms with Crippen molar-refractivity contribution in [3.05, 3.63) is 206 Å². The highest BCUT2D eigenvalue weighted by Crippen LogP contribution is 2.43. The summed E-state index contributed by atoms with van der Waals surface area (Å²) >= 11 is 1.89. The Kier molecular flexibility index (Phi) is 7.13. The third kappa shape index (κ3) is 5.03. The smallest absolute Gasteiger partial charge is 0.0542 e. The average Bonchev–Trinajstić information content (AvgIpc) is 3.94. The van der Waals surface area contributed by atoms with Crippen LogP contribution in [-0.4, -0.2) is 9.13 Å². The minimum Gasteiger partial charge on any atom is -0.309 e. The van der Waals surface area contributed by atoms with Gasteiger partial charge in [0.15, 0.2) is 0 Å². The fourth-order valence-corrected chi connectivity index (χ4v) is 10.4. The van der Waals surface area contributed by atoms with Crippen LogP contribution in [0.5, 0.6) is 0 Å². The summed E-state index contributed by atoms with van der Waals surface area (Å²) in [5.41, 5.74) is 14.4. The molecule has 3 heterocycles. The molecule has 57 heavy (non-hydrogen) atoms. The first-order valence-corrected chi connectivity index (χ1v) is 20.3. The van der Waals surface area contributed by atoms with E-state index in [-0.39, 0.29) is 0 Å². The van der Waals surface area contributed by atoms with E-state index in [0.717, 1.165) is 11.4 Å². The van der Waals surface area contributed by atoms with Crippen LogP contribution < -0.4 is 0 Å². The number of thiophene rings is 1. The highest BCUT2D eigenvalue weighted by atomic mass is 32.1. The Hall–Kier alpha value is -7.20. The van der Waals surface area contributed by atoms with Crippen molar-refractivity contribution >= 4 is 75.1 Å². The standard InChI is InChI=1S/C54H34N2S/c1-2-14-35(15-3-1)37-30-38(32-39(31-37)42-22-13-23-47-46-21-7-11-27-53(46)57-54(42)47)36-16-12-17-40(33-36)55-51-26-10-6-20-45(51)48-34-41(28-29-52(48)55)56-49-24-8-4-18-43(49)44-19-5-9-25-50(44)56/h1-34H. The third-order valence-corrected chi connectivity index (χ3v) is 12.9. The molecule has 0 spiro atoms. The van der Waals surface area contributed by atoms with Gasteiger partial charge in [0.1, 0.15) is 0 Å². The summed E-state index contributed by atoms with van der Waals surface area (Å²) in [5, 5.41) is 7.65. The molecule has 0 aliphatic carbocycles. The third-order valence-electron chi connectivity index (χ3n) is 11.7. The van der Waals surface area contributed by atoms with Crippen LogP contribution in [0.15, 0.2) is 206 Å². The molecule has 0 unspecified atom stereocenters. The normalized spacial score (nSPS) is 11.9. The largest absolute Gasteiger partial charge is 0.309 e. The van der Waals surface area contributed by atoms with E-state index in [1.165, 1.54) is 97.2 Å². The van der Waals surface area contributed by atoms with Crippen LogP contribution >= 0.6 is 11.3 Å². The average molecular weight is 743 g/mol. The number of hydrogen-bond acceptors (Lipinski definition) is 1. The van der Waals surface area contributed by atoms with E-state index < -0.39 is 0 Å². The van der Waals surface area contributed by atoms with Crippen molar-refractivity contribution in [3.63, 3.8) is 0 Å². The van der Waals surface area contributed by atoms with Gasteiger partial charge in [-0.05, 0) is 106 Å². The molecular formula is C54H34N2S. The van der Waals surface area contributed by atoms with Gasteiger partial charge in [-0.2, -0.15) is 0 Å². The molecule has 0 atom stereocenters. The molecule has 0 fully saturated rings. The summed E-state index contributed by atoms with van der Waals surface area (Å²) < 4.78 is 7.49. The lowest BCUT2D eigenvalue weighted by atomic mass is 9.92. The lowest BCUT2D eigenvalue weighted by Crippen LogP contribution is -1.96. The second-order valence-corrected chi connectivity index (χ2v) is 16.0. The molecule has 0 aliphatic heterocycles. The topological polar surface area (TPSA) is 9.86 Å². The lowest BCUT2D eigenvalue weighted by molar-refractivity contribution is 1.17. The fraction of sp³-hybridized carbons (Fsp3) is 0. The Bertz CT molecular complexity index is 3470. The molecular weight excluding hydrogens is 709 g/mol. The van der Waals surface area contributed by atoms with Gasteiger partial charge in [-0.1, -0.05) is 133 Å². The summed E-state index contributed by atoms with van der Waals surface area (Å²) in [6.07, 6.45) is 0. The van der Waals surface area contributed by atoms with E-state index in [9.17, 15) is 0 Å². The van der Waals surface area contributed by atoms with Crippen LogP contribution in [0.4, 0.5) is 0 Å². The van der Waals surface area contributed by atoms with Crippen molar-refractivity contribution in [1.82, 2.24) is 9.13 Å². The zero-order valence-electron chi connectivity index (χ0n) is 30.9. The number of rotatable bonds is 5. The molecule has 12 aromatic rings. The Balaban J connectivity index is 1.04. The van der Waals surface area contributed by atoms with Gasteiger partial charge in [0, 0.05) is 53.1 Å². The van der Waals surface area contributed by atoms with Crippen molar-refractivity contribution in [2.75, 3.05) is 0 Å². The first kappa shape index (κ1) is 32.1. The van der Waals surface area contributed by atoms with Gasteiger partial charge in [0.25, 0.3) is 0 Å². The maximum atomic E-state index is 2.43. The van der Waals surface area contributed by atoms with E-state index in [1.807, 2.05) is 11.3 Å². The maximum Gasteiger partial charge on any atom is 0.0542 e. The minimum absolute atomic E-state index is 1.14. The molecule has 0 saturated carbocycles. The van der Waals surface area contributed by atoms with Crippen molar-refractivity contribution < 1.29 is 0 Å². The summed E-state index contributed by atoms with van der Waals surface area (Å²) in [6, 6.07) is 75.7. The monoisotopic (exact) mass is 742 g/mol. The van der Waals surface area contributed by atoms with Gasteiger partial charge >= 0.3 is 0 Å². The number of hydrogen-bond donors (Lipinski definition) is 0. The van der Waals surface area contributed by atoms with Crippen LogP contribution in [0.3, 0.4) is 0 Å². The molecule has 9 aromatic carbocycles. The zero-order chi connectivity index (χ0) is 37.5. The number of fused-ring (bicyclic) bond motifs is 9. The van der Waals surface area contributed by atoms with E-state index in [2.05, 4.69) is 215 Å². The number of para-hydroxylation sites is 3. The van der Waals surface area contributed by atoms with Crippen LogP contribution in [0, 0.1) is 0 Å². The minimum atomic E-state index is 1.14. The van der Waals surface area contributed by atoms with Crippen LogP contribution in [-0.2, 0) is 0 Å². The molecule has 266 valence electrons. The molecule has 0 radical (unpaired) electrons. The van der Waals surface area contributed by atoms with Gasteiger partial charge in [-0.15, -0.1) is 11.3 Å². The highest BCUT2D eigenvalue weighted by Gasteiger charge is 2.18. The molecule has 3 aromatic heterocycles. The molecule has 0 bridgehead atoms. The van der Waals surface area contributed by atoms with E-state index in [4.69, 9.17) is 0 Å². The molecule has 0 N–H and O–H groups in total. The van der Waals surface area contributed by atoms with Crippen LogP contribution in [0.1, 0.15) is 0 Å². The molecule has 2 nitrogen and oxygen atoms in total. The molecule has 0 aliphatic rings. The van der Waals surface area contributed by atoms with Crippen LogP contribution in [0.2, 0.25) is 0 Å². The van der Waals surface area contributed by atoms with E-state index in [0.29, 0.717) is 0 Å². The van der Waals surface area contributed by atoms with Crippen molar-refractivity contribution in [3.8, 4) is 44.8 Å². The Morgan fingerprint density at radius 2 is 0.789 bits per heavy atom. The SMILES string of the molecule is c1ccc(-c2cc(-c3cccc(-n4c5ccccc5c5cc(-n6c7ccccc7c7ccccc76)ccc54)c3)cc(-c3cccc4c3sc3ccccc34)c2)cc1. The lowest BCUT2D eigenvalue weighted by Gasteiger charge is -2.14.